The van der Waals surface area contributed by atoms with Gasteiger partial charge in [0.1, 0.15) is 0 Å². The van der Waals surface area contributed by atoms with Gasteiger partial charge in [-0.2, -0.15) is 0 Å². The minimum absolute atomic E-state index is 0.336. The number of rotatable bonds is 2. The van der Waals surface area contributed by atoms with Crippen LogP contribution in [-0.2, 0) is 9.53 Å². The first-order chi connectivity index (χ1) is 5.25. The molecule has 1 aliphatic heterocycles. The lowest BCUT2D eigenvalue weighted by Gasteiger charge is -2.08. The Labute approximate surface area is 65.1 Å². The van der Waals surface area contributed by atoms with Crippen molar-refractivity contribution in [2.75, 3.05) is 6.61 Å². The summed E-state index contributed by atoms with van der Waals surface area (Å²) >= 11 is 0. The monoisotopic (exact) mass is 157 g/mol. The molecule has 0 radical (unpaired) electrons. The fourth-order valence-electron chi connectivity index (χ4n) is 1.07. The van der Waals surface area contributed by atoms with Crippen LogP contribution < -0.4 is 0 Å². The summed E-state index contributed by atoms with van der Waals surface area (Å²) in [6, 6.07) is -0.588. The molecule has 4 heteroatoms. The smallest absolute Gasteiger partial charge is 0.376 e. The van der Waals surface area contributed by atoms with Crippen molar-refractivity contribution >= 4 is 12.2 Å². The quantitative estimate of drug-likeness (QED) is 0.329. The second kappa shape index (κ2) is 3.37. The molecular weight excluding hydrogens is 146 g/mol. The highest BCUT2D eigenvalue weighted by atomic mass is 16.5. The third-order valence-corrected chi connectivity index (χ3v) is 1.62. The van der Waals surface area contributed by atoms with Gasteiger partial charge in [-0.1, -0.05) is 0 Å². The minimum Gasteiger partial charge on any atom is -0.623 e. The van der Waals surface area contributed by atoms with Crippen LogP contribution in [0.15, 0.2) is 0 Å². The summed E-state index contributed by atoms with van der Waals surface area (Å²) in [4.78, 5) is 11.0. The highest BCUT2D eigenvalue weighted by Crippen LogP contribution is 2.08. The predicted octanol–water partition coefficient (Wildman–Crippen LogP) is 0.293. The van der Waals surface area contributed by atoms with Gasteiger partial charge in [0.2, 0.25) is 0 Å². The second-order valence-electron chi connectivity index (χ2n) is 2.39. The van der Waals surface area contributed by atoms with E-state index < -0.39 is 12.0 Å². The fraction of sp³-hybridized carbons (Fsp3) is 0.714. The van der Waals surface area contributed by atoms with Crippen LogP contribution in [0.5, 0.6) is 0 Å². The molecule has 11 heavy (non-hydrogen) atoms. The lowest BCUT2D eigenvalue weighted by Crippen LogP contribution is -2.28. The zero-order valence-corrected chi connectivity index (χ0v) is 6.45. The molecule has 4 nitrogen and oxygen atoms in total. The van der Waals surface area contributed by atoms with E-state index in [1.54, 1.807) is 6.92 Å². The number of esters is 1. The van der Waals surface area contributed by atoms with Gasteiger partial charge in [-0.05, 0) is 6.92 Å². The van der Waals surface area contributed by atoms with Crippen LogP contribution in [0.3, 0.4) is 0 Å². The Morgan fingerprint density at radius 2 is 2.64 bits per heavy atom. The largest absolute Gasteiger partial charge is 0.623 e. The van der Waals surface area contributed by atoms with Gasteiger partial charge < -0.3 is 9.94 Å². The molecular formula is C7H11NO3. The molecule has 0 aromatic rings. The number of nitrogens with zero attached hydrogens (tertiary/aromatic N) is 1. The molecule has 0 amide bonds. The summed E-state index contributed by atoms with van der Waals surface area (Å²) in [6.07, 6.45) is 2.73. The topological polar surface area (TPSA) is 52.4 Å². The number of hydrogen-bond donors (Lipinski definition) is 0. The molecule has 0 spiro atoms. The SMILES string of the molecule is CCOC(=O)C1CCC=[N+]1[O-]. The van der Waals surface area contributed by atoms with Crippen LogP contribution in [0, 0.1) is 5.21 Å². The highest BCUT2D eigenvalue weighted by Gasteiger charge is 2.30. The summed E-state index contributed by atoms with van der Waals surface area (Å²) < 4.78 is 5.37. The van der Waals surface area contributed by atoms with E-state index in [2.05, 4.69) is 0 Å². The Bertz CT molecular complexity index is 188. The molecule has 0 aromatic carbocycles. The molecule has 0 aliphatic carbocycles. The molecule has 0 bridgehead atoms. The van der Waals surface area contributed by atoms with Crippen molar-refractivity contribution in [2.24, 2.45) is 0 Å². The first-order valence-corrected chi connectivity index (χ1v) is 3.71. The Hall–Kier alpha value is -1.06. The Balaban J connectivity index is 2.48. The number of ether oxygens (including phenoxy) is 1. The Kier molecular flexibility index (Phi) is 2.46. The van der Waals surface area contributed by atoms with Gasteiger partial charge in [-0.25, -0.2) is 9.53 Å². The molecule has 1 heterocycles. The van der Waals surface area contributed by atoms with E-state index in [-0.39, 0.29) is 0 Å². The third-order valence-electron chi connectivity index (χ3n) is 1.62. The Morgan fingerprint density at radius 1 is 1.91 bits per heavy atom. The van der Waals surface area contributed by atoms with E-state index in [1.807, 2.05) is 0 Å². The van der Waals surface area contributed by atoms with Crippen molar-refractivity contribution in [2.45, 2.75) is 25.8 Å². The van der Waals surface area contributed by atoms with Gasteiger partial charge in [0.15, 0.2) is 6.21 Å². The van der Waals surface area contributed by atoms with Crippen LogP contribution in [0.1, 0.15) is 19.8 Å². The van der Waals surface area contributed by atoms with Gasteiger partial charge in [-0.3, -0.25) is 0 Å². The molecule has 0 saturated heterocycles. The van der Waals surface area contributed by atoms with E-state index >= 15 is 0 Å². The number of hydrogen-bond acceptors (Lipinski definition) is 3. The van der Waals surface area contributed by atoms with Gasteiger partial charge in [0.25, 0.3) is 6.04 Å². The van der Waals surface area contributed by atoms with Gasteiger partial charge >= 0.3 is 5.97 Å². The number of carbonyl (C=O) groups is 1. The zero-order chi connectivity index (χ0) is 8.27. The normalized spacial score (nSPS) is 23.0. The van der Waals surface area contributed by atoms with Gasteiger partial charge in [0, 0.05) is 12.8 Å². The summed E-state index contributed by atoms with van der Waals surface area (Å²) in [5, 5.41) is 10.9. The van der Waals surface area contributed by atoms with Gasteiger partial charge in [-0.15, -0.1) is 0 Å². The van der Waals surface area contributed by atoms with E-state index in [1.165, 1.54) is 6.21 Å². The predicted molar refractivity (Wildman–Crippen MR) is 39.3 cm³/mol. The zero-order valence-electron chi connectivity index (χ0n) is 6.45. The molecule has 0 fully saturated rings. The molecule has 1 unspecified atom stereocenters. The molecule has 1 aliphatic rings. The van der Waals surface area contributed by atoms with E-state index in [0.717, 1.165) is 0 Å². The van der Waals surface area contributed by atoms with Crippen molar-refractivity contribution in [3.05, 3.63) is 5.21 Å². The van der Waals surface area contributed by atoms with Crippen LogP contribution in [0.4, 0.5) is 0 Å². The fourth-order valence-corrected chi connectivity index (χ4v) is 1.07. The third kappa shape index (κ3) is 1.69. The number of carbonyl (C=O) groups excluding carboxylic acids is 1. The maximum absolute atomic E-state index is 11.0. The molecule has 62 valence electrons. The molecule has 1 rings (SSSR count). The molecule has 0 saturated carbocycles. The van der Waals surface area contributed by atoms with Crippen LogP contribution >= 0.6 is 0 Å². The van der Waals surface area contributed by atoms with Crippen molar-refractivity contribution in [3.8, 4) is 0 Å². The average molecular weight is 157 g/mol. The van der Waals surface area contributed by atoms with Crippen molar-refractivity contribution in [3.63, 3.8) is 0 Å². The van der Waals surface area contributed by atoms with Crippen molar-refractivity contribution in [1.82, 2.24) is 0 Å². The van der Waals surface area contributed by atoms with Crippen molar-refractivity contribution < 1.29 is 14.3 Å². The molecule has 0 N–H and O–H groups in total. The van der Waals surface area contributed by atoms with Crippen LogP contribution in [0.25, 0.3) is 0 Å². The lowest BCUT2D eigenvalue weighted by atomic mass is 10.2. The standard InChI is InChI=1S/C7H11NO3/c1-2-11-7(9)6-4-3-5-8(6)10/h5-6H,2-4H2,1H3. The summed E-state index contributed by atoms with van der Waals surface area (Å²) in [7, 11) is 0. The first kappa shape index (κ1) is 8.04. The van der Waals surface area contributed by atoms with E-state index in [0.29, 0.717) is 24.2 Å². The molecule has 1 atom stereocenters. The van der Waals surface area contributed by atoms with E-state index in [4.69, 9.17) is 4.74 Å². The maximum atomic E-state index is 11.0. The van der Waals surface area contributed by atoms with Crippen molar-refractivity contribution in [1.29, 1.82) is 0 Å². The Morgan fingerprint density at radius 3 is 3.09 bits per heavy atom. The minimum atomic E-state index is -0.588. The molecule has 0 aromatic heterocycles. The highest BCUT2D eigenvalue weighted by molar-refractivity contribution is 5.76. The van der Waals surface area contributed by atoms with Crippen LogP contribution in [-0.4, -0.2) is 29.6 Å². The first-order valence-electron chi connectivity index (χ1n) is 3.71. The van der Waals surface area contributed by atoms with Crippen LogP contribution in [0.2, 0.25) is 0 Å². The van der Waals surface area contributed by atoms with E-state index in [9.17, 15) is 10.0 Å². The lowest BCUT2D eigenvalue weighted by molar-refractivity contribution is -0.476. The average Bonchev–Trinajstić information content (AvgIpc) is 2.36. The summed E-state index contributed by atoms with van der Waals surface area (Å²) in [5.41, 5.74) is 0. The summed E-state index contributed by atoms with van der Waals surface area (Å²) in [5.74, 6) is -0.406. The second-order valence-corrected chi connectivity index (χ2v) is 2.39. The summed E-state index contributed by atoms with van der Waals surface area (Å²) in [6.45, 7) is 2.06. The number of hydroxylamine groups is 1. The maximum Gasteiger partial charge on any atom is 0.376 e. The van der Waals surface area contributed by atoms with Gasteiger partial charge in [0.05, 0.1) is 6.61 Å².